The van der Waals surface area contributed by atoms with Crippen molar-refractivity contribution in [3.05, 3.63) is 133 Å². The molecule has 0 unspecified atom stereocenters. The van der Waals surface area contributed by atoms with Crippen molar-refractivity contribution in [2.75, 3.05) is 0 Å². The highest BCUT2D eigenvalue weighted by atomic mass is 127. The molecule has 0 aliphatic heterocycles. The van der Waals surface area contributed by atoms with Gasteiger partial charge in [-0.3, -0.25) is 0 Å². The van der Waals surface area contributed by atoms with Crippen LogP contribution >= 0.6 is 90.4 Å². The predicted molar refractivity (Wildman–Crippen MR) is 162 cm³/mol. The van der Waals surface area contributed by atoms with Crippen molar-refractivity contribution in [3.8, 4) is 11.8 Å². The van der Waals surface area contributed by atoms with Gasteiger partial charge in [-0.05, 0) is 115 Å². The van der Waals surface area contributed by atoms with E-state index in [1.54, 1.807) is 0 Å². The highest BCUT2D eigenvalue weighted by molar-refractivity contribution is 14.1. The van der Waals surface area contributed by atoms with Crippen molar-refractivity contribution >= 4 is 90.4 Å². The van der Waals surface area contributed by atoms with Crippen LogP contribution in [0, 0.1) is 72.7 Å². The van der Waals surface area contributed by atoms with Gasteiger partial charge in [0, 0.05) is 11.1 Å². The second kappa shape index (κ2) is 15.6. The zero-order valence-electron chi connectivity index (χ0n) is 18.3. The van der Waals surface area contributed by atoms with E-state index in [0.29, 0.717) is 0 Å². The Kier molecular flexibility index (Phi) is 13.5. The van der Waals surface area contributed by atoms with E-state index in [1.165, 1.54) is 90.4 Å². The Bertz CT molecular complexity index is 1160. The molecule has 0 N–H and O–H groups in total. The maximum atomic E-state index is 12.6. The van der Waals surface area contributed by atoms with Crippen molar-refractivity contribution in [1.29, 1.82) is 0 Å². The minimum absolute atomic E-state index is 0.664. The molecule has 12 heteroatoms. The van der Waals surface area contributed by atoms with Gasteiger partial charge in [-0.1, -0.05) is 48.2 Å². The Morgan fingerprint density at radius 3 is 0.711 bits per heavy atom. The number of benzene rings is 4. The molecule has 0 amide bonds. The van der Waals surface area contributed by atoms with Gasteiger partial charge in [0.2, 0.25) is 0 Å². The first kappa shape index (κ1) is 33.0. The van der Waals surface area contributed by atoms with Crippen molar-refractivity contribution < 1.29 is 35.1 Å². The lowest BCUT2D eigenvalue weighted by atomic mass is 10.2. The molecule has 0 spiro atoms. The number of hydrogen-bond acceptors (Lipinski definition) is 0. The summed E-state index contributed by atoms with van der Waals surface area (Å²) in [6.07, 6.45) is 0. The molecule has 0 bridgehead atoms. The molecule has 0 atom stereocenters. The minimum Gasteiger partial charge on any atom is -0.202 e. The Morgan fingerprint density at radius 2 is 0.526 bits per heavy atom. The first-order chi connectivity index (χ1) is 17.9. The summed E-state index contributed by atoms with van der Waals surface area (Å²) >= 11 is 4.81. The van der Waals surface area contributed by atoms with Crippen LogP contribution in [0.15, 0.2) is 60.7 Å². The summed E-state index contributed by atoms with van der Waals surface area (Å²) in [6.45, 7) is 0. The molecule has 0 aliphatic carbocycles. The van der Waals surface area contributed by atoms with E-state index in [1.807, 2.05) is 60.7 Å². The van der Waals surface area contributed by atoms with E-state index in [2.05, 4.69) is 11.8 Å². The van der Waals surface area contributed by atoms with Crippen molar-refractivity contribution in [1.82, 2.24) is 0 Å². The van der Waals surface area contributed by atoms with Crippen LogP contribution in [0.2, 0.25) is 0 Å². The van der Waals surface area contributed by atoms with E-state index in [9.17, 15) is 35.1 Å². The topological polar surface area (TPSA) is 0 Å². The third kappa shape index (κ3) is 8.65. The molecule has 0 radical (unpaired) electrons. The lowest BCUT2D eigenvalue weighted by Gasteiger charge is -2.02. The zero-order chi connectivity index (χ0) is 28.6. The second-order valence-electron chi connectivity index (χ2n) is 6.75. The van der Waals surface area contributed by atoms with Gasteiger partial charge < -0.3 is 0 Å². The van der Waals surface area contributed by atoms with E-state index in [-0.39, 0.29) is 0 Å². The first-order valence-electron chi connectivity index (χ1n) is 9.84. The molecule has 0 heterocycles. The molecule has 38 heavy (non-hydrogen) atoms. The van der Waals surface area contributed by atoms with Crippen LogP contribution in [0.1, 0.15) is 11.1 Å². The molecule has 4 rings (SSSR count). The fraction of sp³-hybridized carbons (Fsp3) is 0. The second-order valence-corrected chi connectivity index (χ2v) is 11.1. The molecule has 0 aromatic heterocycles. The molecule has 4 aromatic carbocycles. The van der Waals surface area contributed by atoms with Crippen LogP contribution in [-0.4, -0.2) is 0 Å². The number of halogens is 12. The summed E-state index contributed by atoms with van der Waals surface area (Å²) in [6, 6.07) is 20.0. The van der Waals surface area contributed by atoms with E-state index < -0.39 is 60.8 Å². The van der Waals surface area contributed by atoms with Gasteiger partial charge in [0.15, 0.2) is 46.5 Å². The third-order valence-electron chi connectivity index (χ3n) is 4.21. The van der Waals surface area contributed by atoms with Crippen molar-refractivity contribution in [2.24, 2.45) is 0 Å². The van der Waals surface area contributed by atoms with Gasteiger partial charge >= 0.3 is 0 Å². The standard InChI is InChI=1S/C14H10.2C6F4I2/c1-3-7-13(8-4-1)11-12-14-9-5-2-6-10-14;2*7-1-2(8)6(12)4(10)3(9)5(1)11/h1-10H;;. The molecule has 0 fully saturated rings. The van der Waals surface area contributed by atoms with E-state index in [0.717, 1.165) is 11.1 Å². The summed E-state index contributed by atoms with van der Waals surface area (Å²) in [5.41, 5.74) is 2.10. The van der Waals surface area contributed by atoms with Crippen LogP contribution in [-0.2, 0) is 0 Å². The Balaban J connectivity index is 0.000000201. The molecular weight excluding hydrogens is 972 g/mol. The summed E-state index contributed by atoms with van der Waals surface area (Å²) < 4.78 is 98.5. The Morgan fingerprint density at radius 1 is 0.342 bits per heavy atom. The number of hydrogen-bond donors (Lipinski definition) is 0. The van der Waals surface area contributed by atoms with Crippen LogP contribution in [0.4, 0.5) is 35.1 Å². The molecule has 0 nitrogen and oxygen atoms in total. The van der Waals surface area contributed by atoms with Gasteiger partial charge in [-0.2, -0.15) is 0 Å². The molecular formula is C26H10F8I4. The normalized spacial score (nSPS) is 9.89. The Hall–Kier alpha value is -1.20. The van der Waals surface area contributed by atoms with E-state index in [4.69, 9.17) is 0 Å². The van der Waals surface area contributed by atoms with E-state index >= 15 is 0 Å². The maximum absolute atomic E-state index is 12.6. The van der Waals surface area contributed by atoms with Crippen molar-refractivity contribution in [2.45, 2.75) is 0 Å². The van der Waals surface area contributed by atoms with Gasteiger partial charge in [-0.15, -0.1) is 0 Å². The van der Waals surface area contributed by atoms with Gasteiger partial charge in [0.05, 0.1) is 14.3 Å². The highest BCUT2D eigenvalue weighted by Gasteiger charge is 2.22. The number of rotatable bonds is 0. The largest absolute Gasteiger partial charge is 0.202 e. The zero-order valence-corrected chi connectivity index (χ0v) is 26.9. The smallest absolute Gasteiger partial charge is 0.176 e. The van der Waals surface area contributed by atoms with Crippen LogP contribution in [0.25, 0.3) is 0 Å². The summed E-state index contributed by atoms with van der Waals surface area (Å²) in [5.74, 6) is -4.56. The fourth-order valence-electron chi connectivity index (χ4n) is 2.34. The lowest BCUT2D eigenvalue weighted by Crippen LogP contribution is -2.02. The molecule has 198 valence electrons. The summed E-state index contributed by atoms with van der Waals surface area (Å²) in [7, 11) is 0. The average molecular weight is 982 g/mol. The maximum Gasteiger partial charge on any atom is 0.176 e. The molecule has 0 aliphatic rings. The lowest BCUT2D eigenvalue weighted by molar-refractivity contribution is 0.437. The fourth-order valence-corrected chi connectivity index (χ4v) is 4.24. The Labute approximate surface area is 267 Å². The minimum atomic E-state index is -1.35. The SMILES string of the molecule is C(#Cc1ccccc1)c1ccccc1.Fc1c(F)c(I)c(F)c(F)c1I.Fc1c(F)c(I)c(F)c(F)c1I. The molecule has 0 saturated heterocycles. The quantitative estimate of drug-likeness (QED) is 0.0542. The summed E-state index contributed by atoms with van der Waals surface area (Å²) in [5, 5.41) is 0. The predicted octanol–water partition coefficient (Wildman–Crippen LogP) is 9.99. The van der Waals surface area contributed by atoms with Crippen LogP contribution in [0.5, 0.6) is 0 Å². The first-order valence-corrected chi connectivity index (χ1v) is 14.2. The molecule has 0 saturated carbocycles. The monoisotopic (exact) mass is 982 g/mol. The molecule has 4 aromatic rings. The third-order valence-corrected chi connectivity index (χ3v) is 8.00. The van der Waals surface area contributed by atoms with Gasteiger partial charge in [-0.25, -0.2) is 35.1 Å². The van der Waals surface area contributed by atoms with Crippen molar-refractivity contribution in [3.63, 3.8) is 0 Å². The summed E-state index contributed by atoms with van der Waals surface area (Å²) in [4.78, 5) is 0. The van der Waals surface area contributed by atoms with Gasteiger partial charge in [0.25, 0.3) is 0 Å². The highest BCUT2D eigenvalue weighted by Crippen LogP contribution is 2.27. The van der Waals surface area contributed by atoms with Gasteiger partial charge in [0.1, 0.15) is 0 Å². The van der Waals surface area contributed by atoms with Crippen LogP contribution in [0.3, 0.4) is 0 Å². The average Bonchev–Trinajstić information content (AvgIpc) is 2.95. The van der Waals surface area contributed by atoms with Crippen LogP contribution < -0.4 is 0 Å².